The van der Waals surface area contributed by atoms with E-state index in [0.717, 1.165) is 18.5 Å². The molecule has 0 aliphatic carbocycles. The summed E-state index contributed by atoms with van der Waals surface area (Å²) in [5, 5.41) is 3.06. The van der Waals surface area contributed by atoms with Crippen molar-refractivity contribution in [3.05, 3.63) is 29.6 Å². The highest BCUT2D eigenvalue weighted by Crippen LogP contribution is 2.39. The van der Waals surface area contributed by atoms with Crippen LogP contribution in [-0.2, 0) is 6.18 Å². The average molecular weight is 262 g/mol. The van der Waals surface area contributed by atoms with Crippen LogP contribution in [0.1, 0.15) is 30.1 Å². The van der Waals surface area contributed by atoms with Crippen LogP contribution in [0.25, 0.3) is 0 Å². The van der Waals surface area contributed by atoms with Crippen LogP contribution in [0.2, 0.25) is 0 Å². The van der Waals surface area contributed by atoms with Gasteiger partial charge in [0.15, 0.2) is 0 Å². The lowest BCUT2D eigenvalue weighted by Crippen LogP contribution is -2.30. The van der Waals surface area contributed by atoms with Crippen molar-refractivity contribution in [2.45, 2.75) is 25.2 Å². The van der Waals surface area contributed by atoms with Gasteiger partial charge in [0, 0.05) is 18.0 Å². The van der Waals surface area contributed by atoms with Crippen LogP contribution in [0.3, 0.4) is 0 Å². The van der Waals surface area contributed by atoms with Crippen molar-refractivity contribution >= 4 is 0 Å². The van der Waals surface area contributed by atoms with Gasteiger partial charge < -0.3 is 5.32 Å². The molecule has 1 aliphatic rings. The first-order valence-electron chi connectivity index (χ1n) is 5.86. The van der Waals surface area contributed by atoms with Gasteiger partial charge in [0.25, 0.3) is 0 Å². The zero-order chi connectivity index (χ0) is 13.2. The molecule has 2 heterocycles. The SMILES string of the molecule is FC(c1cnccc1C(F)(F)F)C1CCNCC1. The predicted molar refractivity (Wildman–Crippen MR) is 58.7 cm³/mol. The van der Waals surface area contributed by atoms with Crippen LogP contribution in [0.15, 0.2) is 18.5 Å². The van der Waals surface area contributed by atoms with Gasteiger partial charge >= 0.3 is 6.18 Å². The normalized spacial score (nSPS) is 19.8. The smallest absolute Gasteiger partial charge is 0.317 e. The average Bonchev–Trinajstić information content (AvgIpc) is 2.38. The van der Waals surface area contributed by atoms with Gasteiger partial charge in [-0.1, -0.05) is 0 Å². The first-order valence-corrected chi connectivity index (χ1v) is 5.86. The zero-order valence-electron chi connectivity index (χ0n) is 9.67. The van der Waals surface area contributed by atoms with E-state index < -0.39 is 17.9 Å². The van der Waals surface area contributed by atoms with E-state index in [1.54, 1.807) is 0 Å². The Morgan fingerprint density at radius 1 is 1.28 bits per heavy atom. The first-order chi connectivity index (χ1) is 8.50. The molecule has 1 saturated heterocycles. The van der Waals surface area contributed by atoms with Gasteiger partial charge in [-0.05, 0) is 37.9 Å². The number of nitrogens with one attached hydrogen (secondary N) is 1. The quantitative estimate of drug-likeness (QED) is 0.828. The number of hydrogen-bond acceptors (Lipinski definition) is 2. The van der Waals surface area contributed by atoms with Gasteiger partial charge in [-0.3, -0.25) is 4.98 Å². The maximum absolute atomic E-state index is 14.2. The molecule has 0 saturated carbocycles. The van der Waals surface area contributed by atoms with Crippen LogP contribution < -0.4 is 5.32 Å². The fraction of sp³-hybridized carbons (Fsp3) is 0.583. The lowest BCUT2D eigenvalue weighted by atomic mass is 9.88. The van der Waals surface area contributed by atoms with Crippen molar-refractivity contribution in [3.63, 3.8) is 0 Å². The Morgan fingerprint density at radius 2 is 1.94 bits per heavy atom. The van der Waals surface area contributed by atoms with Crippen molar-refractivity contribution in [2.24, 2.45) is 5.92 Å². The molecule has 0 spiro atoms. The summed E-state index contributed by atoms with van der Waals surface area (Å²) in [5.74, 6) is -0.364. The molecule has 2 nitrogen and oxygen atoms in total. The molecule has 0 amide bonds. The summed E-state index contributed by atoms with van der Waals surface area (Å²) in [6.07, 6.45) is -3.00. The van der Waals surface area contributed by atoms with Gasteiger partial charge in [-0.25, -0.2) is 4.39 Å². The Morgan fingerprint density at radius 3 is 2.56 bits per heavy atom. The molecule has 2 rings (SSSR count). The molecule has 1 unspecified atom stereocenters. The minimum atomic E-state index is -4.53. The van der Waals surface area contributed by atoms with Crippen molar-refractivity contribution in [1.82, 2.24) is 10.3 Å². The van der Waals surface area contributed by atoms with Gasteiger partial charge in [0.1, 0.15) is 6.17 Å². The number of rotatable bonds is 2. The Balaban J connectivity index is 2.26. The fourth-order valence-electron chi connectivity index (χ4n) is 2.28. The van der Waals surface area contributed by atoms with Crippen LogP contribution >= 0.6 is 0 Å². The third kappa shape index (κ3) is 2.80. The van der Waals surface area contributed by atoms with Gasteiger partial charge in [-0.15, -0.1) is 0 Å². The second-order valence-corrected chi connectivity index (χ2v) is 4.45. The highest BCUT2D eigenvalue weighted by atomic mass is 19.4. The summed E-state index contributed by atoms with van der Waals surface area (Å²) in [7, 11) is 0. The van der Waals surface area contributed by atoms with Crippen LogP contribution in [0.4, 0.5) is 17.6 Å². The second-order valence-electron chi connectivity index (χ2n) is 4.45. The van der Waals surface area contributed by atoms with Gasteiger partial charge in [-0.2, -0.15) is 13.2 Å². The minimum Gasteiger partial charge on any atom is -0.317 e. The van der Waals surface area contributed by atoms with Crippen molar-refractivity contribution in [3.8, 4) is 0 Å². The summed E-state index contributed by atoms with van der Waals surface area (Å²) < 4.78 is 52.6. The molecule has 0 aromatic carbocycles. The van der Waals surface area contributed by atoms with E-state index in [-0.39, 0.29) is 11.5 Å². The molecule has 1 N–H and O–H groups in total. The summed E-state index contributed by atoms with van der Waals surface area (Å²) in [5.41, 5.74) is -1.25. The number of piperidine rings is 1. The third-order valence-corrected chi connectivity index (χ3v) is 3.25. The molecule has 1 fully saturated rings. The van der Waals surface area contributed by atoms with Crippen molar-refractivity contribution in [1.29, 1.82) is 0 Å². The molecule has 1 atom stereocenters. The third-order valence-electron chi connectivity index (χ3n) is 3.25. The number of pyridine rings is 1. The van der Waals surface area contributed by atoms with E-state index in [4.69, 9.17) is 0 Å². The van der Waals surface area contributed by atoms with Crippen LogP contribution in [-0.4, -0.2) is 18.1 Å². The summed E-state index contributed by atoms with van der Waals surface area (Å²) in [6, 6.07) is 0.836. The lowest BCUT2D eigenvalue weighted by Gasteiger charge is -2.27. The molecule has 0 radical (unpaired) electrons. The summed E-state index contributed by atoms with van der Waals surface area (Å²) in [4.78, 5) is 3.62. The number of aromatic nitrogens is 1. The fourth-order valence-corrected chi connectivity index (χ4v) is 2.28. The summed E-state index contributed by atoms with van der Waals surface area (Å²) in [6.45, 7) is 1.29. The van der Waals surface area contributed by atoms with E-state index in [1.807, 2.05) is 0 Å². The number of hydrogen-bond donors (Lipinski definition) is 1. The molecular formula is C12H14F4N2. The first kappa shape index (κ1) is 13.3. The molecule has 6 heteroatoms. The molecule has 1 aromatic rings. The molecule has 18 heavy (non-hydrogen) atoms. The number of nitrogens with zero attached hydrogens (tertiary/aromatic N) is 1. The van der Waals surface area contributed by atoms with Crippen molar-refractivity contribution < 1.29 is 17.6 Å². The Kier molecular flexibility index (Phi) is 3.85. The number of halogens is 4. The number of alkyl halides is 4. The van der Waals surface area contributed by atoms with Crippen LogP contribution in [0, 0.1) is 5.92 Å². The molecular weight excluding hydrogens is 248 g/mol. The molecule has 1 aliphatic heterocycles. The predicted octanol–water partition coefficient (Wildman–Crippen LogP) is 3.11. The molecule has 1 aromatic heterocycles. The minimum absolute atomic E-state index is 0.336. The standard InChI is InChI=1S/C12H14F4N2/c13-11(8-1-4-17-5-2-8)9-7-18-6-3-10(9)12(14,15)16/h3,6-8,11,17H,1-2,4-5H2. The van der Waals surface area contributed by atoms with Gasteiger partial charge in [0.2, 0.25) is 0 Å². The topological polar surface area (TPSA) is 24.9 Å². The highest BCUT2D eigenvalue weighted by molar-refractivity contribution is 5.28. The maximum atomic E-state index is 14.2. The van der Waals surface area contributed by atoms with E-state index in [0.29, 0.717) is 25.9 Å². The zero-order valence-corrected chi connectivity index (χ0v) is 9.67. The molecule has 100 valence electrons. The van der Waals surface area contributed by atoms with E-state index in [1.165, 1.54) is 0 Å². The van der Waals surface area contributed by atoms with E-state index >= 15 is 0 Å². The maximum Gasteiger partial charge on any atom is 0.416 e. The Bertz CT molecular complexity index is 399. The molecule has 0 bridgehead atoms. The van der Waals surface area contributed by atoms with E-state index in [9.17, 15) is 17.6 Å². The van der Waals surface area contributed by atoms with E-state index in [2.05, 4.69) is 10.3 Å². The summed E-state index contributed by atoms with van der Waals surface area (Å²) >= 11 is 0. The van der Waals surface area contributed by atoms with Gasteiger partial charge in [0.05, 0.1) is 5.56 Å². The van der Waals surface area contributed by atoms with Crippen molar-refractivity contribution in [2.75, 3.05) is 13.1 Å². The Labute approximate surface area is 102 Å². The monoisotopic (exact) mass is 262 g/mol. The second kappa shape index (κ2) is 5.22. The lowest BCUT2D eigenvalue weighted by molar-refractivity contribution is -0.139. The highest BCUT2D eigenvalue weighted by Gasteiger charge is 2.37. The van der Waals surface area contributed by atoms with Crippen LogP contribution in [0.5, 0.6) is 0 Å². The Hall–Kier alpha value is -1.17. The largest absolute Gasteiger partial charge is 0.416 e.